The number of carbonyl (C=O) groups excluding carboxylic acids is 2. The van der Waals surface area contributed by atoms with Crippen LogP contribution >= 0.6 is 0 Å². The number of carbonyl (C=O) groups is 2. The van der Waals surface area contributed by atoms with Crippen LogP contribution in [0.5, 0.6) is 0 Å². The lowest BCUT2D eigenvalue weighted by molar-refractivity contribution is -0.126. The molecule has 0 bridgehead atoms. The molecule has 1 aromatic heterocycles. The Balaban J connectivity index is 1.78. The van der Waals surface area contributed by atoms with Gasteiger partial charge in [0.2, 0.25) is 5.91 Å². The molecule has 2 aromatic rings. The largest absolute Gasteiger partial charge is 0.382 e. The highest BCUT2D eigenvalue weighted by atomic mass is 16.5. The molecule has 2 amide bonds. The zero-order valence-electron chi connectivity index (χ0n) is 15.3. The number of nitrogens with one attached hydrogen (secondary N) is 2. The Kier molecular flexibility index (Phi) is 7.43. The second-order valence-electron chi connectivity index (χ2n) is 5.75. The molecule has 2 rings (SSSR count). The molecule has 0 fully saturated rings. The number of benzene rings is 1. The standard InChI is InChI=1S/C18H24N4O4/c1-12-13(2)22-16-10-14(4-5-15(16)21-12)18(24)20-7-6-19-17(23)11-26-9-8-25-3/h4-5,10H,6-9,11H2,1-3H3,(H,19,23)(H,20,24). The quantitative estimate of drug-likeness (QED) is 0.640. The number of nitrogens with zero attached hydrogens (tertiary/aromatic N) is 2. The summed E-state index contributed by atoms with van der Waals surface area (Å²) in [4.78, 5) is 32.6. The van der Waals surface area contributed by atoms with Crippen LogP contribution in [0.4, 0.5) is 0 Å². The zero-order valence-corrected chi connectivity index (χ0v) is 15.3. The van der Waals surface area contributed by atoms with Crippen LogP contribution in [0.2, 0.25) is 0 Å². The second kappa shape index (κ2) is 9.79. The van der Waals surface area contributed by atoms with Crippen molar-refractivity contribution in [2.75, 3.05) is 40.0 Å². The predicted molar refractivity (Wildman–Crippen MR) is 97.0 cm³/mol. The van der Waals surface area contributed by atoms with Crippen molar-refractivity contribution >= 4 is 22.8 Å². The van der Waals surface area contributed by atoms with Crippen molar-refractivity contribution in [3.8, 4) is 0 Å². The lowest BCUT2D eigenvalue weighted by Crippen LogP contribution is -2.36. The number of hydrogen-bond donors (Lipinski definition) is 2. The molecule has 0 spiro atoms. The van der Waals surface area contributed by atoms with E-state index in [2.05, 4.69) is 20.6 Å². The van der Waals surface area contributed by atoms with Gasteiger partial charge in [-0.1, -0.05) is 0 Å². The van der Waals surface area contributed by atoms with Gasteiger partial charge in [0, 0.05) is 25.8 Å². The molecule has 26 heavy (non-hydrogen) atoms. The van der Waals surface area contributed by atoms with Gasteiger partial charge in [0.05, 0.1) is 35.6 Å². The van der Waals surface area contributed by atoms with Gasteiger partial charge in [0.1, 0.15) is 6.61 Å². The van der Waals surface area contributed by atoms with E-state index in [1.165, 1.54) is 0 Å². The molecule has 140 valence electrons. The molecule has 1 aromatic carbocycles. The molecule has 1 heterocycles. The van der Waals surface area contributed by atoms with Crippen LogP contribution in [-0.4, -0.2) is 61.8 Å². The van der Waals surface area contributed by atoms with Crippen molar-refractivity contribution in [1.82, 2.24) is 20.6 Å². The normalized spacial score (nSPS) is 10.7. The number of fused-ring (bicyclic) bond motifs is 1. The Bertz CT molecular complexity index is 779. The summed E-state index contributed by atoms with van der Waals surface area (Å²) in [6, 6.07) is 5.21. The van der Waals surface area contributed by atoms with Gasteiger partial charge in [-0.2, -0.15) is 0 Å². The highest BCUT2D eigenvalue weighted by molar-refractivity contribution is 5.97. The molecule has 2 N–H and O–H groups in total. The van der Waals surface area contributed by atoms with Crippen LogP contribution in [0.3, 0.4) is 0 Å². The molecule has 0 aliphatic rings. The molecular formula is C18H24N4O4. The monoisotopic (exact) mass is 360 g/mol. The summed E-state index contributed by atoms with van der Waals surface area (Å²) < 4.78 is 9.92. The number of amides is 2. The first-order chi connectivity index (χ1) is 12.5. The summed E-state index contributed by atoms with van der Waals surface area (Å²) in [5.74, 6) is -0.459. The van der Waals surface area contributed by atoms with E-state index < -0.39 is 0 Å². The van der Waals surface area contributed by atoms with E-state index >= 15 is 0 Å². The fourth-order valence-corrected chi connectivity index (χ4v) is 2.21. The van der Waals surface area contributed by atoms with Crippen LogP contribution in [0.25, 0.3) is 11.0 Å². The Hall–Kier alpha value is -2.58. The van der Waals surface area contributed by atoms with Crippen molar-refractivity contribution in [3.63, 3.8) is 0 Å². The van der Waals surface area contributed by atoms with E-state index in [0.29, 0.717) is 37.4 Å². The van der Waals surface area contributed by atoms with Gasteiger partial charge in [0.15, 0.2) is 0 Å². The van der Waals surface area contributed by atoms with E-state index in [0.717, 1.165) is 16.9 Å². The SMILES string of the molecule is COCCOCC(=O)NCCNC(=O)c1ccc2nc(C)c(C)nc2c1. The number of rotatable bonds is 9. The smallest absolute Gasteiger partial charge is 0.251 e. The first-order valence-corrected chi connectivity index (χ1v) is 8.38. The fourth-order valence-electron chi connectivity index (χ4n) is 2.21. The third-order valence-corrected chi connectivity index (χ3v) is 3.74. The highest BCUT2D eigenvalue weighted by Gasteiger charge is 2.09. The van der Waals surface area contributed by atoms with Crippen molar-refractivity contribution in [2.45, 2.75) is 13.8 Å². The highest BCUT2D eigenvalue weighted by Crippen LogP contribution is 2.14. The summed E-state index contributed by atoms with van der Waals surface area (Å²) in [7, 11) is 1.57. The molecule has 0 radical (unpaired) electrons. The molecule has 0 atom stereocenters. The van der Waals surface area contributed by atoms with Gasteiger partial charge >= 0.3 is 0 Å². The first-order valence-electron chi connectivity index (χ1n) is 8.38. The van der Waals surface area contributed by atoms with E-state index in [4.69, 9.17) is 9.47 Å². The molecule has 8 heteroatoms. The van der Waals surface area contributed by atoms with Gasteiger partial charge in [-0.15, -0.1) is 0 Å². The average molecular weight is 360 g/mol. The number of hydrogen-bond acceptors (Lipinski definition) is 6. The van der Waals surface area contributed by atoms with Crippen LogP contribution in [0.15, 0.2) is 18.2 Å². The maximum absolute atomic E-state index is 12.2. The third-order valence-electron chi connectivity index (χ3n) is 3.74. The second-order valence-corrected chi connectivity index (χ2v) is 5.75. The van der Waals surface area contributed by atoms with Crippen LogP contribution in [0, 0.1) is 13.8 Å². The van der Waals surface area contributed by atoms with Gasteiger partial charge in [-0.3, -0.25) is 9.59 Å². The van der Waals surface area contributed by atoms with E-state index in [9.17, 15) is 9.59 Å². The zero-order chi connectivity index (χ0) is 18.9. The van der Waals surface area contributed by atoms with E-state index in [-0.39, 0.29) is 18.4 Å². The van der Waals surface area contributed by atoms with Gasteiger partial charge in [-0.05, 0) is 32.0 Å². The Morgan fingerprint density at radius 2 is 1.69 bits per heavy atom. The first kappa shape index (κ1) is 19.7. The Labute approximate surface area is 152 Å². The summed E-state index contributed by atoms with van der Waals surface area (Å²) in [6.45, 7) is 5.21. The van der Waals surface area contributed by atoms with Crippen molar-refractivity contribution < 1.29 is 19.1 Å². The molecule has 0 aliphatic carbocycles. The van der Waals surface area contributed by atoms with Crippen LogP contribution in [0.1, 0.15) is 21.7 Å². The molecular weight excluding hydrogens is 336 g/mol. The molecule has 0 saturated heterocycles. The van der Waals surface area contributed by atoms with Crippen molar-refractivity contribution in [1.29, 1.82) is 0 Å². The summed E-state index contributed by atoms with van der Waals surface area (Å²) >= 11 is 0. The lowest BCUT2D eigenvalue weighted by atomic mass is 10.1. The summed E-state index contributed by atoms with van der Waals surface area (Å²) in [6.07, 6.45) is 0. The maximum atomic E-state index is 12.2. The fraction of sp³-hybridized carbons (Fsp3) is 0.444. The minimum absolute atomic E-state index is 0.0284. The topological polar surface area (TPSA) is 102 Å². The van der Waals surface area contributed by atoms with Crippen molar-refractivity contribution in [3.05, 3.63) is 35.2 Å². The Morgan fingerprint density at radius 3 is 2.42 bits per heavy atom. The molecule has 0 aliphatic heterocycles. The molecule has 8 nitrogen and oxygen atoms in total. The number of ether oxygens (including phenoxy) is 2. The molecule has 0 unspecified atom stereocenters. The van der Waals surface area contributed by atoms with E-state index in [1.54, 1.807) is 25.3 Å². The minimum Gasteiger partial charge on any atom is -0.382 e. The third kappa shape index (κ3) is 5.75. The number of aromatic nitrogens is 2. The summed E-state index contributed by atoms with van der Waals surface area (Å²) in [5.41, 5.74) is 3.65. The van der Waals surface area contributed by atoms with Gasteiger partial charge < -0.3 is 20.1 Å². The van der Waals surface area contributed by atoms with Crippen molar-refractivity contribution in [2.24, 2.45) is 0 Å². The molecule has 0 saturated carbocycles. The minimum atomic E-state index is -0.234. The number of methoxy groups -OCH3 is 1. The number of aryl methyl sites for hydroxylation is 2. The van der Waals surface area contributed by atoms with Gasteiger partial charge in [-0.25, -0.2) is 9.97 Å². The summed E-state index contributed by atoms with van der Waals surface area (Å²) in [5, 5.41) is 5.43. The van der Waals surface area contributed by atoms with Gasteiger partial charge in [0.25, 0.3) is 5.91 Å². The lowest BCUT2D eigenvalue weighted by Gasteiger charge is -2.08. The predicted octanol–water partition coefficient (Wildman–Crippen LogP) is 0.756. The van der Waals surface area contributed by atoms with Crippen LogP contribution in [-0.2, 0) is 14.3 Å². The Morgan fingerprint density at radius 1 is 1.00 bits per heavy atom. The van der Waals surface area contributed by atoms with Crippen LogP contribution < -0.4 is 10.6 Å². The average Bonchev–Trinajstić information content (AvgIpc) is 2.63. The van der Waals surface area contributed by atoms with E-state index in [1.807, 2.05) is 13.8 Å². The maximum Gasteiger partial charge on any atom is 0.251 e.